The predicted molar refractivity (Wildman–Crippen MR) is 164 cm³/mol. The third-order valence-corrected chi connectivity index (χ3v) is 7.28. The van der Waals surface area contributed by atoms with Gasteiger partial charge in [-0.25, -0.2) is 9.37 Å². The number of aromatic amines is 1. The van der Waals surface area contributed by atoms with E-state index in [1.54, 1.807) is 10.7 Å². The molecular formula is C25H27B5FN7. The number of aryl methyl sites for hydroxylation is 1. The fourth-order valence-electron chi connectivity index (χ4n) is 5.91. The number of benzene rings is 1. The number of hydrogen-bond donors (Lipinski definition) is 2. The molecule has 4 heterocycles. The Morgan fingerprint density at radius 3 is 2.68 bits per heavy atom. The fourth-order valence-corrected chi connectivity index (χ4v) is 5.91. The van der Waals surface area contributed by atoms with Crippen LogP contribution in [-0.4, -0.2) is 74.8 Å². The number of aromatic nitrogens is 6. The minimum absolute atomic E-state index is 0.115. The molecule has 13 heteroatoms. The Hall–Kier alpha value is -3.75. The van der Waals surface area contributed by atoms with E-state index in [1.165, 1.54) is 45.4 Å². The number of allylic oxidation sites excluding steroid dienone is 1. The zero-order chi connectivity index (χ0) is 26.6. The predicted octanol–water partition coefficient (Wildman–Crippen LogP) is -0.316. The van der Waals surface area contributed by atoms with E-state index in [0.717, 1.165) is 24.8 Å². The Bertz CT molecular complexity index is 1720. The highest BCUT2D eigenvalue weighted by atomic mass is 19.1. The maximum Gasteiger partial charge on any atom is 0.228 e. The van der Waals surface area contributed by atoms with Gasteiger partial charge in [-0.3, -0.25) is 4.98 Å². The van der Waals surface area contributed by atoms with E-state index in [4.69, 9.17) is 15.1 Å². The Morgan fingerprint density at radius 1 is 1.11 bits per heavy atom. The minimum atomic E-state index is -0.423. The van der Waals surface area contributed by atoms with Gasteiger partial charge >= 0.3 is 0 Å². The van der Waals surface area contributed by atoms with Gasteiger partial charge in [-0.1, -0.05) is 28.9 Å². The number of halogens is 1. The fraction of sp³-hybridized carbons (Fsp3) is 0.200. The van der Waals surface area contributed by atoms with Gasteiger partial charge in [0.15, 0.2) is 11.5 Å². The van der Waals surface area contributed by atoms with Gasteiger partial charge in [0.2, 0.25) is 5.95 Å². The second-order valence-electron chi connectivity index (χ2n) is 11.4. The highest BCUT2D eigenvalue weighted by Gasteiger charge is 2.27. The van der Waals surface area contributed by atoms with Gasteiger partial charge in [-0.15, -0.1) is 5.37 Å². The molecule has 0 radical (unpaired) electrons. The van der Waals surface area contributed by atoms with Crippen molar-refractivity contribution in [3.8, 4) is 11.4 Å². The number of nitrogens with one attached hydrogen (secondary N) is 2. The quantitative estimate of drug-likeness (QED) is 0.325. The van der Waals surface area contributed by atoms with E-state index in [9.17, 15) is 4.39 Å². The van der Waals surface area contributed by atoms with Crippen molar-refractivity contribution in [3.05, 3.63) is 76.9 Å². The van der Waals surface area contributed by atoms with Crippen LogP contribution in [-0.2, 0) is 12.8 Å². The van der Waals surface area contributed by atoms with E-state index < -0.39 is 5.82 Å². The molecule has 184 valence electrons. The van der Waals surface area contributed by atoms with E-state index in [0.29, 0.717) is 23.0 Å². The largest absolute Gasteiger partial charge is 0.358 e. The molecule has 0 unspecified atom stereocenters. The summed E-state index contributed by atoms with van der Waals surface area (Å²) in [6, 6.07) is 10.0. The molecule has 0 saturated heterocycles. The van der Waals surface area contributed by atoms with Crippen molar-refractivity contribution >= 4 is 67.3 Å². The monoisotopic (exact) mass is 499 g/mol. The number of rotatable bonds is 5. The van der Waals surface area contributed by atoms with Crippen molar-refractivity contribution in [1.29, 1.82) is 0 Å². The Kier molecular flexibility index (Phi) is 5.97. The summed E-state index contributed by atoms with van der Waals surface area (Å²) in [5.41, 5.74) is 7.19. The summed E-state index contributed by atoms with van der Waals surface area (Å²) >= 11 is 0. The SMILES string of the molecule is BC(B)=C(c1cnn2c(N[C@@H]3CCc4[nH]c5ccccc5c4C3)nc(-c3cncc(F)c3)nc12)C(B)(B)B. The molecule has 0 spiro atoms. The Labute approximate surface area is 225 Å². The molecule has 6 rings (SSSR count). The first-order valence-corrected chi connectivity index (χ1v) is 13.1. The lowest BCUT2D eigenvalue weighted by molar-refractivity contribution is 0.599. The van der Waals surface area contributed by atoms with Crippen LogP contribution in [0.3, 0.4) is 0 Å². The topological polar surface area (TPSA) is 83.8 Å². The lowest BCUT2D eigenvalue weighted by Gasteiger charge is -2.26. The number of anilines is 1. The number of pyridine rings is 1. The summed E-state index contributed by atoms with van der Waals surface area (Å²) in [5, 5.41) is 10.8. The van der Waals surface area contributed by atoms with Crippen molar-refractivity contribution < 1.29 is 4.39 Å². The molecule has 38 heavy (non-hydrogen) atoms. The first-order chi connectivity index (χ1) is 18.2. The molecule has 1 aromatic carbocycles. The third kappa shape index (κ3) is 4.33. The number of H-pyrrole nitrogens is 1. The molecule has 2 N–H and O–H groups in total. The van der Waals surface area contributed by atoms with Gasteiger partial charge in [-0.2, -0.15) is 14.6 Å². The molecule has 4 aromatic heterocycles. The maximum absolute atomic E-state index is 14.1. The van der Waals surface area contributed by atoms with E-state index >= 15 is 0 Å². The molecule has 7 nitrogen and oxygen atoms in total. The van der Waals surface area contributed by atoms with E-state index in [1.807, 2.05) is 6.20 Å². The van der Waals surface area contributed by atoms with Crippen LogP contribution in [0.1, 0.15) is 23.2 Å². The number of hydrogen-bond acceptors (Lipinski definition) is 5. The second-order valence-corrected chi connectivity index (χ2v) is 11.4. The maximum atomic E-state index is 14.1. The molecule has 0 saturated carbocycles. The zero-order valence-corrected chi connectivity index (χ0v) is 22.4. The minimum Gasteiger partial charge on any atom is -0.358 e. The third-order valence-electron chi connectivity index (χ3n) is 7.28. The van der Waals surface area contributed by atoms with Crippen molar-refractivity contribution in [2.75, 3.05) is 5.32 Å². The molecular weight excluding hydrogens is 471 g/mol. The van der Waals surface area contributed by atoms with Crippen molar-refractivity contribution in [3.63, 3.8) is 0 Å². The summed E-state index contributed by atoms with van der Waals surface area (Å²) in [4.78, 5) is 17.4. The molecule has 1 aliphatic carbocycles. The van der Waals surface area contributed by atoms with Crippen molar-refractivity contribution in [2.24, 2.45) is 0 Å². The Balaban J connectivity index is 1.47. The van der Waals surface area contributed by atoms with Gasteiger partial charge < -0.3 is 10.3 Å². The molecule has 5 aromatic rings. The van der Waals surface area contributed by atoms with Crippen LogP contribution >= 0.6 is 0 Å². The van der Waals surface area contributed by atoms with Crippen molar-refractivity contribution in [1.82, 2.24) is 29.5 Å². The van der Waals surface area contributed by atoms with Gasteiger partial charge in [0, 0.05) is 40.0 Å². The molecule has 0 fully saturated rings. The first-order valence-electron chi connectivity index (χ1n) is 13.1. The van der Waals surface area contributed by atoms with Crippen LogP contribution in [0.2, 0.25) is 5.11 Å². The van der Waals surface area contributed by atoms with E-state index in [-0.39, 0.29) is 11.2 Å². The molecule has 1 aliphatic rings. The summed E-state index contributed by atoms with van der Waals surface area (Å²) in [5.74, 6) is 0.586. The number of para-hydroxylation sites is 1. The van der Waals surface area contributed by atoms with Gasteiger partial charge in [0.1, 0.15) is 21.5 Å². The van der Waals surface area contributed by atoms with Crippen LogP contribution in [0.15, 0.2) is 54.3 Å². The smallest absolute Gasteiger partial charge is 0.228 e. The van der Waals surface area contributed by atoms with Crippen LogP contribution in [0, 0.1) is 5.82 Å². The highest BCUT2D eigenvalue weighted by Crippen LogP contribution is 2.37. The normalized spacial score (nSPS) is 15.4. The van der Waals surface area contributed by atoms with Crippen LogP contribution in [0.4, 0.5) is 10.3 Å². The van der Waals surface area contributed by atoms with Crippen LogP contribution in [0.5, 0.6) is 0 Å². The molecule has 0 bridgehead atoms. The zero-order valence-electron chi connectivity index (χ0n) is 22.4. The number of nitrogens with zero attached hydrogens (tertiary/aromatic N) is 5. The molecule has 0 amide bonds. The molecule has 0 aliphatic heterocycles. The lowest BCUT2D eigenvalue weighted by atomic mass is 9.37. The van der Waals surface area contributed by atoms with Crippen molar-refractivity contribution in [2.45, 2.75) is 30.4 Å². The average molecular weight is 499 g/mol. The van der Waals surface area contributed by atoms with Crippen LogP contribution in [0.25, 0.3) is 33.5 Å². The van der Waals surface area contributed by atoms with E-state index in [2.05, 4.69) is 78.8 Å². The van der Waals surface area contributed by atoms with Gasteiger partial charge in [0.05, 0.1) is 35.9 Å². The summed E-state index contributed by atoms with van der Waals surface area (Å²) < 4.78 is 15.9. The molecule has 1 atom stereocenters. The standard InChI is InChI=1S/C25H27B5FN7/c26-21(27)20(25(28,29)30)17-11-33-38-23(17)36-22(12-7-13(31)10-32-9-12)37-24(38)34-14-5-6-19-16(8-14)15-3-1-2-4-18(15)35-19/h1-4,7,9-11,14,35H,5-6,8,26-30H2,(H,34,36,37)/t14-/m1/s1. The van der Waals surface area contributed by atoms with Crippen LogP contribution < -0.4 is 5.32 Å². The summed E-state index contributed by atoms with van der Waals surface area (Å²) in [7, 11) is 10.8. The number of fused-ring (bicyclic) bond motifs is 4. The Morgan fingerprint density at radius 2 is 1.92 bits per heavy atom. The highest BCUT2D eigenvalue weighted by molar-refractivity contribution is 6.67. The summed E-state index contributed by atoms with van der Waals surface area (Å²) in [6.45, 7) is 0. The lowest BCUT2D eigenvalue weighted by Crippen LogP contribution is -2.29. The second kappa shape index (κ2) is 9.22. The van der Waals surface area contributed by atoms with Gasteiger partial charge in [0.25, 0.3) is 0 Å². The average Bonchev–Trinajstić information content (AvgIpc) is 3.44. The van der Waals surface area contributed by atoms with Gasteiger partial charge in [-0.05, 0) is 37.0 Å². The first kappa shape index (κ1) is 24.6. The summed E-state index contributed by atoms with van der Waals surface area (Å²) in [6.07, 6.45) is 7.43.